The molecule has 0 bridgehead atoms. The fraction of sp³-hybridized carbons (Fsp3) is 0.231. The van der Waals surface area contributed by atoms with Gasteiger partial charge in [0.1, 0.15) is 0 Å². The van der Waals surface area contributed by atoms with Crippen molar-refractivity contribution in [2.45, 2.75) is 32.4 Å². The minimum Gasteiger partial charge on any atom is -0.380 e. The zero-order chi connectivity index (χ0) is 23.7. The molecule has 1 saturated carbocycles. The Kier molecular flexibility index (Phi) is 5.71. The molecule has 1 aliphatic carbocycles. The average molecular weight is 455 g/mol. The van der Waals surface area contributed by atoms with E-state index in [0.29, 0.717) is 29.3 Å². The summed E-state index contributed by atoms with van der Waals surface area (Å²) in [5.41, 5.74) is 11.0. The molecule has 34 heavy (non-hydrogen) atoms. The van der Waals surface area contributed by atoms with E-state index >= 15 is 0 Å². The minimum atomic E-state index is -0.505. The molecule has 0 spiro atoms. The first kappa shape index (κ1) is 21.6. The fourth-order valence-corrected chi connectivity index (χ4v) is 4.14. The van der Waals surface area contributed by atoms with Gasteiger partial charge in [-0.25, -0.2) is 4.52 Å². The van der Waals surface area contributed by atoms with Crippen molar-refractivity contribution in [3.05, 3.63) is 83.9 Å². The molecule has 8 heteroatoms. The number of anilines is 1. The Bertz CT molecular complexity index is 1360. The largest absolute Gasteiger partial charge is 0.380 e. The molecule has 1 atom stereocenters. The molecule has 8 nitrogen and oxygen atoms in total. The van der Waals surface area contributed by atoms with Crippen LogP contribution < -0.4 is 16.4 Å². The van der Waals surface area contributed by atoms with Gasteiger partial charge in [0.2, 0.25) is 0 Å². The number of aromatic nitrogens is 3. The van der Waals surface area contributed by atoms with Crippen LogP contribution >= 0.6 is 0 Å². The lowest BCUT2D eigenvalue weighted by Gasteiger charge is -2.17. The van der Waals surface area contributed by atoms with Crippen LogP contribution in [0.3, 0.4) is 0 Å². The van der Waals surface area contributed by atoms with E-state index in [4.69, 9.17) is 5.73 Å². The number of rotatable bonds is 8. The van der Waals surface area contributed by atoms with E-state index < -0.39 is 5.91 Å². The maximum absolute atomic E-state index is 12.3. The van der Waals surface area contributed by atoms with Crippen LogP contribution in [0.25, 0.3) is 16.6 Å². The summed E-state index contributed by atoms with van der Waals surface area (Å²) in [7, 11) is 0. The number of carbonyl (C=O) groups excluding carboxylic acids is 2. The van der Waals surface area contributed by atoms with Gasteiger partial charge in [-0.05, 0) is 61.1 Å². The van der Waals surface area contributed by atoms with Crippen molar-refractivity contribution in [3.8, 4) is 11.1 Å². The second kappa shape index (κ2) is 8.97. The number of pyridine rings is 1. The van der Waals surface area contributed by atoms with E-state index in [1.807, 2.05) is 36.5 Å². The van der Waals surface area contributed by atoms with Gasteiger partial charge in [0, 0.05) is 36.7 Å². The highest BCUT2D eigenvalue weighted by molar-refractivity contribution is 6.02. The number of fused-ring (bicyclic) bond motifs is 1. The number of nitrogens with two attached hydrogens (primary N) is 1. The zero-order valence-electron chi connectivity index (χ0n) is 18.9. The summed E-state index contributed by atoms with van der Waals surface area (Å²) in [4.78, 5) is 28.4. The molecule has 0 radical (unpaired) electrons. The SMILES string of the molecule is CC(Nc1c(C(N)=O)cnn2cc(-c3cccc(CNC(=O)c4cccnc4)c3)cc12)C1CC1. The van der Waals surface area contributed by atoms with Crippen molar-refractivity contribution < 1.29 is 9.59 Å². The van der Waals surface area contributed by atoms with Crippen molar-refractivity contribution in [3.63, 3.8) is 0 Å². The van der Waals surface area contributed by atoms with E-state index in [1.165, 1.54) is 19.0 Å². The summed E-state index contributed by atoms with van der Waals surface area (Å²) in [5, 5.41) is 10.8. The standard InChI is InChI=1S/C26H26N6O2/c1-16(18-7-8-18)31-24-22(25(27)33)14-30-32-15-21(11-23(24)32)19-5-2-4-17(10-19)12-29-26(34)20-6-3-9-28-13-20/h2-6,9-11,13-16,18,31H,7-8,12H2,1H3,(H2,27,33)(H,29,34). The molecule has 1 aromatic carbocycles. The summed E-state index contributed by atoms with van der Waals surface area (Å²) in [6, 6.07) is 13.7. The third-order valence-corrected chi connectivity index (χ3v) is 6.24. The molecule has 2 amide bonds. The van der Waals surface area contributed by atoms with Crippen LogP contribution in [0.4, 0.5) is 5.69 Å². The quantitative estimate of drug-likeness (QED) is 0.376. The predicted molar refractivity (Wildman–Crippen MR) is 130 cm³/mol. The fourth-order valence-electron chi connectivity index (χ4n) is 4.14. The molecule has 172 valence electrons. The Hall–Kier alpha value is -4.20. The van der Waals surface area contributed by atoms with E-state index in [9.17, 15) is 9.59 Å². The minimum absolute atomic E-state index is 0.170. The molecule has 1 fully saturated rings. The molecule has 1 unspecified atom stereocenters. The van der Waals surface area contributed by atoms with Gasteiger partial charge < -0.3 is 16.4 Å². The van der Waals surface area contributed by atoms with Crippen LogP contribution in [0.15, 0.2) is 67.3 Å². The number of nitrogens with one attached hydrogen (secondary N) is 2. The molecular formula is C26H26N6O2. The Labute approximate surface area is 197 Å². The molecule has 3 aromatic heterocycles. The summed E-state index contributed by atoms with van der Waals surface area (Å²) < 4.78 is 1.76. The molecule has 0 aliphatic heterocycles. The Morgan fingerprint density at radius 3 is 2.74 bits per heavy atom. The van der Waals surface area contributed by atoms with Crippen LogP contribution in [-0.4, -0.2) is 32.5 Å². The second-order valence-electron chi connectivity index (χ2n) is 8.75. The molecule has 1 aliphatic rings. The number of hydrogen-bond acceptors (Lipinski definition) is 5. The number of amides is 2. The summed E-state index contributed by atoms with van der Waals surface area (Å²) in [6.45, 7) is 2.53. The second-order valence-corrected chi connectivity index (χ2v) is 8.75. The highest BCUT2D eigenvalue weighted by Gasteiger charge is 2.29. The smallest absolute Gasteiger partial charge is 0.253 e. The number of carbonyl (C=O) groups is 2. The summed E-state index contributed by atoms with van der Waals surface area (Å²) in [6.07, 6.45) is 9.01. The summed E-state index contributed by atoms with van der Waals surface area (Å²) >= 11 is 0. The van der Waals surface area contributed by atoms with Gasteiger partial charge in [-0.3, -0.25) is 14.6 Å². The van der Waals surface area contributed by atoms with Crippen LogP contribution in [-0.2, 0) is 6.54 Å². The average Bonchev–Trinajstić information content (AvgIpc) is 3.62. The van der Waals surface area contributed by atoms with Crippen LogP contribution in [0.5, 0.6) is 0 Å². The van der Waals surface area contributed by atoms with E-state index in [2.05, 4.69) is 27.6 Å². The Balaban J connectivity index is 1.42. The first-order valence-electron chi connectivity index (χ1n) is 11.3. The number of hydrogen-bond donors (Lipinski definition) is 3. The topological polar surface area (TPSA) is 114 Å². The highest BCUT2D eigenvalue weighted by atomic mass is 16.2. The molecular weight excluding hydrogens is 428 g/mol. The first-order chi connectivity index (χ1) is 16.5. The lowest BCUT2D eigenvalue weighted by atomic mass is 10.1. The van der Waals surface area contributed by atoms with E-state index in [1.54, 1.807) is 29.0 Å². The lowest BCUT2D eigenvalue weighted by molar-refractivity contribution is 0.0949. The highest BCUT2D eigenvalue weighted by Crippen LogP contribution is 2.36. The predicted octanol–water partition coefficient (Wildman–Crippen LogP) is 3.64. The van der Waals surface area contributed by atoms with Crippen molar-refractivity contribution in [1.29, 1.82) is 0 Å². The van der Waals surface area contributed by atoms with Crippen LogP contribution in [0.2, 0.25) is 0 Å². The third kappa shape index (κ3) is 4.47. The van der Waals surface area contributed by atoms with Gasteiger partial charge in [0.15, 0.2) is 0 Å². The zero-order valence-corrected chi connectivity index (χ0v) is 18.9. The third-order valence-electron chi connectivity index (χ3n) is 6.24. The van der Waals surface area contributed by atoms with E-state index in [-0.39, 0.29) is 11.9 Å². The maximum Gasteiger partial charge on any atom is 0.253 e. The van der Waals surface area contributed by atoms with Crippen molar-refractivity contribution in [2.75, 3.05) is 5.32 Å². The van der Waals surface area contributed by atoms with Gasteiger partial charge in [0.05, 0.1) is 28.5 Å². The van der Waals surface area contributed by atoms with Crippen LogP contribution in [0.1, 0.15) is 46.0 Å². The molecule has 5 rings (SSSR count). The van der Waals surface area contributed by atoms with Gasteiger partial charge in [-0.1, -0.05) is 18.2 Å². The van der Waals surface area contributed by atoms with E-state index in [0.717, 1.165) is 22.2 Å². The van der Waals surface area contributed by atoms with Crippen molar-refractivity contribution >= 4 is 23.0 Å². The normalized spacial score (nSPS) is 14.0. The molecule has 4 aromatic rings. The van der Waals surface area contributed by atoms with Gasteiger partial charge >= 0.3 is 0 Å². The monoisotopic (exact) mass is 454 g/mol. The van der Waals surface area contributed by atoms with Crippen molar-refractivity contribution in [1.82, 2.24) is 19.9 Å². The molecule has 4 N–H and O–H groups in total. The Morgan fingerprint density at radius 2 is 2.00 bits per heavy atom. The van der Waals surface area contributed by atoms with Gasteiger partial charge in [0.25, 0.3) is 11.8 Å². The molecule has 0 saturated heterocycles. The maximum atomic E-state index is 12.3. The Morgan fingerprint density at radius 1 is 1.15 bits per heavy atom. The lowest BCUT2D eigenvalue weighted by Crippen LogP contribution is -2.22. The first-order valence-corrected chi connectivity index (χ1v) is 11.3. The van der Waals surface area contributed by atoms with Crippen LogP contribution in [0, 0.1) is 5.92 Å². The summed E-state index contributed by atoms with van der Waals surface area (Å²) in [5.74, 6) is -0.0617. The number of benzene rings is 1. The van der Waals surface area contributed by atoms with Gasteiger partial charge in [-0.2, -0.15) is 5.10 Å². The van der Waals surface area contributed by atoms with Crippen molar-refractivity contribution in [2.24, 2.45) is 11.7 Å². The van der Waals surface area contributed by atoms with Gasteiger partial charge in [-0.15, -0.1) is 0 Å². The molecule has 3 heterocycles. The number of primary amides is 1. The number of nitrogens with zero attached hydrogens (tertiary/aromatic N) is 3.